The Kier molecular flexibility index (Phi) is 6.36. The number of rotatable bonds is 5. The molecule has 2 amide bonds. The third-order valence-corrected chi connectivity index (χ3v) is 6.63. The molecule has 2 N–H and O–H groups in total. The molecule has 0 bridgehead atoms. The minimum absolute atomic E-state index is 0.162. The second-order valence-corrected chi connectivity index (χ2v) is 8.48. The lowest BCUT2D eigenvalue weighted by atomic mass is 10.1. The zero-order chi connectivity index (χ0) is 21.1. The lowest BCUT2D eigenvalue weighted by molar-refractivity contribution is 0.0601. The van der Waals surface area contributed by atoms with Gasteiger partial charge in [-0.25, -0.2) is 4.79 Å². The summed E-state index contributed by atoms with van der Waals surface area (Å²) in [4.78, 5) is 38.3. The van der Waals surface area contributed by atoms with Gasteiger partial charge in [-0.15, -0.1) is 22.7 Å². The SMILES string of the molecule is COC(=O)c1c(NC(=O)c2cccs2)sc(C(=O)Nc2ccc(C)c(Cl)c2)c1C. The number of benzene rings is 1. The van der Waals surface area contributed by atoms with Crippen LogP contribution in [0.5, 0.6) is 0 Å². The summed E-state index contributed by atoms with van der Waals surface area (Å²) in [5.41, 5.74) is 2.01. The summed E-state index contributed by atoms with van der Waals surface area (Å²) in [7, 11) is 1.25. The van der Waals surface area contributed by atoms with Crippen LogP contribution >= 0.6 is 34.3 Å². The Hall–Kier alpha value is -2.68. The van der Waals surface area contributed by atoms with Gasteiger partial charge in [0.2, 0.25) is 0 Å². The smallest absolute Gasteiger partial charge is 0.341 e. The molecule has 2 aromatic heterocycles. The van der Waals surface area contributed by atoms with Crippen molar-refractivity contribution in [1.29, 1.82) is 0 Å². The molecule has 0 spiro atoms. The van der Waals surface area contributed by atoms with E-state index in [1.165, 1.54) is 18.4 Å². The van der Waals surface area contributed by atoms with E-state index in [1.807, 2.05) is 6.92 Å². The molecular weight excluding hydrogens is 432 g/mol. The highest BCUT2D eigenvalue weighted by Gasteiger charge is 2.26. The normalized spacial score (nSPS) is 10.5. The topological polar surface area (TPSA) is 84.5 Å². The minimum Gasteiger partial charge on any atom is -0.465 e. The van der Waals surface area contributed by atoms with Crippen molar-refractivity contribution < 1.29 is 19.1 Å². The molecule has 1 aromatic carbocycles. The maximum absolute atomic E-state index is 12.8. The van der Waals surface area contributed by atoms with E-state index in [0.29, 0.717) is 26.0 Å². The van der Waals surface area contributed by atoms with Crippen molar-refractivity contribution in [2.45, 2.75) is 13.8 Å². The monoisotopic (exact) mass is 448 g/mol. The molecule has 150 valence electrons. The molecule has 6 nitrogen and oxygen atoms in total. The number of esters is 1. The van der Waals surface area contributed by atoms with Gasteiger partial charge in [-0.3, -0.25) is 9.59 Å². The van der Waals surface area contributed by atoms with Crippen LogP contribution in [0.15, 0.2) is 35.7 Å². The van der Waals surface area contributed by atoms with Gasteiger partial charge in [0.05, 0.1) is 22.4 Å². The average molecular weight is 449 g/mol. The summed E-state index contributed by atoms with van der Waals surface area (Å²) in [6, 6.07) is 8.62. The van der Waals surface area contributed by atoms with Crippen molar-refractivity contribution in [3.05, 3.63) is 67.2 Å². The molecule has 0 aliphatic rings. The van der Waals surface area contributed by atoms with Gasteiger partial charge < -0.3 is 15.4 Å². The van der Waals surface area contributed by atoms with E-state index >= 15 is 0 Å². The van der Waals surface area contributed by atoms with Crippen LogP contribution in [0, 0.1) is 13.8 Å². The van der Waals surface area contributed by atoms with Crippen molar-refractivity contribution >= 4 is 62.7 Å². The first-order valence-electron chi connectivity index (χ1n) is 8.46. The predicted octanol–water partition coefficient (Wildman–Crippen LogP) is 5.37. The molecule has 0 saturated heterocycles. The Balaban J connectivity index is 1.93. The number of halogens is 1. The first kappa shape index (κ1) is 21.0. The number of methoxy groups -OCH3 is 1. The predicted molar refractivity (Wildman–Crippen MR) is 117 cm³/mol. The van der Waals surface area contributed by atoms with Crippen molar-refractivity contribution in [3.63, 3.8) is 0 Å². The van der Waals surface area contributed by atoms with E-state index in [4.69, 9.17) is 16.3 Å². The van der Waals surface area contributed by atoms with Crippen LogP contribution in [0.3, 0.4) is 0 Å². The number of aryl methyl sites for hydroxylation is 1. The lowest BCUT2D eigenvalue weighted by Crippen LogP contribution is -2.13. The van der Waals surface area contributed by atoms with Gasteiger partial charge in [0.25, 0.3) is 11.8 Å². The molecule has 3 rings (SSSR count). The number of nitrogens with one attached hydrogen (secondary N) is 2. The van der Waals surface area contributed by atoms with E-state index in [1.54, 1.807) is 42.6 Å². The van der Waals surface area contributed by atoms with E-state index in [2.05, 4.69) is 10.6 Å². The van der Waals surface area contributed by atoms with Gasteiger partial charge in [0.15, 0.2) is 0 Å². The summed E-state index contributed by atoms with van der Waals surface area (Å²) >= 11 is 8.41. The van der Waals surface area contributed by atoms with E-state index in [0.717, 1.165) is 16.9 Å². The Bertz CT molecular complexity index is 1090. The molecular formula is C20H17ClN2O4S2. The molecule has 0 atom stereocenters. The Morgan fingerprint density at radius 2 is 1.83 bits per heavy atom. The Labute approximate surface area is 180 Å². The zero-order valence-corrected chi connectivity index (χ0v) is 18.2. The molecule has 0 radical (unpaired) electrons. The van der Waals surface area contributed by atoms with Crippen LogP contribution < -0.4 is 10.6 Å². The molecule has 0 aliphatic heterocycles. The van der Waals surface area contributed by atoms with Crippen LogP contribution in [-0.2, 0) is 4.74 Å². The molecule has 0 fully saturated rings. The van der Waals surface area contributed by atoms with Crippen LogP contribution in [0.2, 0.25) is 5.02 Å². The quantitative estimate of drug-likeness (QED) is 0.514. The van der Waals surface area contributed by atoms with Gasteiger partial charge in [0, 0.05) is 10.7 Å². The second kappa shape index (κ2) is 8.77. The second-order valence-electron chi connectivity index (χ2n) is 6.10. The molecule has 0 saturated carbocycles. The van der Waals surface area contributed by atoms with Gasteiger partial charge in [-0.2, -0.15) is 0 Å². The average Bonchev–Trinajstić information content (AvgIpc) is 3.33. The van der Waals surface area contributed by atoms with Gasteiger partial charge in [-0.1, -0.05) is 23.7 Å². The van der Waals surface area contributed by atoms with Gasteiger partial charge in [0.1, 0.15) is 5.00 Å². The third kappa shape index (κ3) is 4.50. The number of thiophene rings is 2. The van der Waals surface area contributed by atoms with Crippen LogP contribution in [-0.4, -0.2) is 24.9 Å². The van der Waals surface area contributed by atoms with Crippen molar-refractivity contribution in [2.24, 2.45) is 0 Å². The molecule has 0 unspecified atom stereocenters. The summed E-state index contributed by atoms with van der Waals surface area (Å²) < 4.78 is 4.84. The van der Waals surface area contributed by atoms with Crippen molar-refractivity contribution in [2.75, 3.05) is 17.7 Å². The Morgan fingerprint density at radius 1 is 1.07 bits per heavy atom. The van der Waals surface area contributed by atoms with Crippen molar-refractivity contribution in [1.82, 2.24) is 0 Å². The number of ether oxygens (including phenoxy) is 1. The van der Waals surface area contributed by atoms with E-state index in [9.17, 15) is 14.4 Å². The third-order valence-electron chi connectivity index (χ3n) is 4.14. The maximum Gasteiger partial charge on any atom is 0.341 e. The molecule has 29 heavy (non-hydrogen) atoms. The van der Waals surface area contributed by atoms with Crippen LogP contribution in [0.1, 0.15) is 40.8 Å². The number of hydrogen-bond donors (Lipinski definition) is 2. The standard InChI is InChI=1S/C20H17ClN2O4S2/c1-10-6-7-12(9-13(10)21)22-18(25)16-11(2)15(20(26)27-3)19(29-16)23-17(24)14-5-4-8-28-14/h4-9H,1-3H3,(H,22,25)(H,23,24). The summed E-state index contributed by atoms with van der Waals surface area (Å²) in [5, 5.41) is 8.06. The first-order valence-corrected chi connectivity index (χ1v) is 10.5. The highest BCUT2D eigenvalue weighted by Crippen LogP contribution is 2.35. The van der Waals surface area contributed by atoms with E-state index < -0.39 is 11.9 Å². The molecule has 2 heterocycles. The molecule has 9 heteroatoms. The largest absolute Gasteiger partial charge is 0.465 e. The summed E-state index contributed by atoms with van der Waals surface area (Å²) in [5.74, 6) is -1.39. The molecule has 0 aliphatic carbocycles. The number of anilines is 2. The first-order chi connectivity index (χ1) is 13.8. The number of carbonyl (C=O) groups excluding carboxylic acids is 3. The lowest BCUT2D eigenvalue weighted by Gasteiger charge is -2.06. The number of amides is 2. The fourth-order valence-corrected chi connectivity index (χ4v) is 4.48. The van der Waals surface area contributed by atoms with Crippen LogP contribution in [0.25, 0.3) is 0 Å². The summed E-state index contributed by atoms with van der Waals surface area (Å²) in [6.45, 7) is 3.50. The number of hydrogen-bond acceptors (Lipinski definition) is 6. The molecule has 3 aromatic rings. The fourth-order valence-electron chi connectivity index (χ4n) is 2.60. The van der Waals surface area contributed by atoms with E-state index in [-0.39, 0.29) is 16.5 Å². The highest BCUT2D eigenvalue weighted by molar-refractivity contribution is 7.19. The summed E-state index contributed by atoms with van der Waals surface area (Å²) in [6.07, 6.45) is 0. The zero-order valence-electron chi connectivity index (χ0n) is 15.8. The van der Waals surface area contributed by atoms with Crippen LogP contribution in [0.4, 0.5) is 10.7 Å². The van der Waals surface area contributed by atoms with Crippen molar-refractivity contribution in [3.8, 4) is 0 Å². The number of carbonyl (C=O) groups is 3. The fraction of sp³-hybridized carbons (Fsp3) is 0.150. The maximum atomic E-state index is 12.8. The van der Waals surface area contributed by atoms with Gasteiger partial charge >= 0.3 is 5.97 Å². The minimum atomic E-state index is -0.627. The Morgan fingerprint density at radius 3 is 2.45 bits per heavy atom. The van der Waals surface area contributed by atoms with Gasteiger partial charge in [-0.05, 0) is 48.6 Å². The highest BCUT2D eigenvalue weighted by atomic mass is 35.5.